The van der Waals surface area contributed by atoms with Gasteiger partial charge in [-0.15, -0.1) is 0 Å². The molecule has 2 N–H and O–H groups in total. The van der Waals surface area contributed by atoms with Gasteiger partial charge in [0.15, 0.2) is 0 Å². The lowest BCUT2D eigenvalue weighted by Gasteiger charge is -2.13. The summed E-state index contributed by atoms with van der Waals surface area (Å²) in [4.78, 5) is 15.5. The Balaban J connectivity index is 2.26. The van der Waals surface area contributed by atoms with Crippen LogP contribution in [0.5, 0.6) is 5.75 Å². The highest BCUT2D eigenvalue weighted by Gasteiger charge is 2.09. The Morgan fingerprint density at radius 1 is 1.32 bits per heavy atom. The summed E-state index contributed by atoms with van der Waals surface area (Å²) in [6.45, 7) is 4.81. The number of rotatable bonds is 6. The fourth-order valence-corrected chi connectivity index (χ4v) is 2.19. The summed E-state index contributed by atoms with van der Waals surface area (Å²) in [5, 5.41) is 0.637. The van der Waals surface area contributed by atoms with Gasteiger partial charge in [0.2, 0.25) is 0 Å². The molecule has 0 saturated heterocycles. The van der Waals surface area contributed by atoms with Crippen molar-refractivity contribution in [2.75, 3.05) is 6.61 Å². The maximum atomic E-state index is 11.2. The van der Waals surface area contributed by atoms with E-state index in [0.29, 0.717) is 24.0 Å². The van der Waals surface area contributed by atoms with Gasteiger partial charge in [0.1, 0.15) is 11.4 Å². The predicted molar refractivity (Wildman–Crippen MR) is 87.3 cm³/mol. The van der Waals surface area contributed by atoms with Crippen LogP contribution in [-0.4, -0.2) is 17.5 Å². The molecule has 2 aromatic rings. The molecule has 5 heteroatoms. The van der Waals surface area contributed by atoms with Crippen LogP contribution in [0.25, 0.3) is 0 Å². The Labute approximate surface area is 135 Å². The fraction of sp³-hybridized carbons (Fsp3) is 0.294. The van der Waals surface area contributed by atoms with Crippen LogP contribution in [0.4, 0.5) is 0 Å². The molecule has 0 aliphatic rings. The van der Waals surface area contributed by atoms with Crippen molar-refractivity contribution >= 4 is 17.5 Å². The number of hydrogen-bond acceptors (Lipinski definition) is 3. The number of hydrogen-bond donors (Lipinski definition) is 1. The summed E-state index contributed by atoms with van der Waals surface area (Å²) >= 11 is 6.08. The molecule has 0 radical (unpaired) electrons. The van der Waals surface area contributed by atoms with E-state index in [4.69, 9.17) is 22.1 Å². The lowest BCUT2D eigenvalue weighted by molar-refractivity contribution is 0.0995. The number of halogens is 1. The normalized spacial score (nSPS) is 10.7. The smallest absolute Gasteiger partial charge is 0.267 e. The maximum Gasteiger partial charge on any atom is 0.267 e. The van der Waals surface area contributed by atoms with Gasteiger partial charge in [-0.25, -0.2) is 4.98 Å². The number of nitrogens with two attached hydrogens (primary N) is 1. The van der Waals surface area contributed by atoms with Gasteiger partial charge in [0.05, 0.1) is 6.61 Å². The Hall–Kier alpha value is -2.07. The Morgan fingerprint density at radius 2 is 2.09 bits per heavy atom. The number of ether oxygens (including phenoxy) is 1. The summed E-state index contributed by atoms with van der Waals surface area (Å²) in [7, 11) is 0. The van der Waals surface area contributed by atoms with Gasteiger partial charge in [-0.2, -0.15) is 0 Å². The number of benzene rings is 1. The zero-order valence-electron chi connectivity index (χ0n) is 12.7. The van der Waals surface area contributed by atoms with E-state index < -0.39 is 5.91 Å². The first-order chi connectivity index (χ1) is 10.5. The summed E-state index contributed by atoms with van der Waals surface area (Å²) < 4.78 is 5.83. The van der Waals surface area contributed by atoms with Crippen LogP contribution >= 0.6 is 11.6 Å². The molecule has 0 aliphatic carbocycles. The molecule has 4 nitrogen and oxygen atoms in total. The first kappa shape index (κ1) is 16.3. The van der Waals surface area contributed by atoms with Crippen molar-refractivity contribution in [2.45, 2.75) is 20.3 Å². The van der Waals surface area contributed by atoms with Gasteiger partial charge in [-0.1, -0.05) is 31.5 Å². The molecule has 116 valence electrons. The van der Waals surface area contributed by atoms with E-state index in [1.54, 1.807) is 18.2 Å². The van der Waals surface area contributed by atoms with Crippen molar-refractivity contribution in [3.63, 3.8) is 0 Å². The second-order valence-electron chi connectivity index (χ2n) is 5.51. The standard InChI is InChI=1S/C17H19ClN2O2/c1-11(2)10-22-16-7-6-13(18)8-12(16)9-14-4-3-5-15(20-14)17(19)21/h3-8,11H,9-10H2,1-2H3,(H2,19,21). The van der Waals surface area contributed by atoms with Gasteiger partial charge in [-0.05, 0) is 36.2 Å². The number of amides is 1. The minimum absolute atomic E-state index is 0.254. The van der Waals surface area contributed by atoms with Crippen molar-refractivity contribution in [1.29, 1.82) is 0 Å². The number of nitrogens with zero attached hydrogens (tertiary/aromatic N) is 1. The van der Waals surface area contributed by atoms with Gasteiger partial charge >= 0.3 is 0 Å². The third kappa shape index (κ3) is 4.46. The minimum atomic E-state index is -0.538. The topological polar surface area (TPSA) is 65.2 Å². The van der Waals surface area contributed by atoms with Gasteiger partial charge in [0.25, 0.3) is 5.91 Å². The molecule has 0 saturated carbocycles. The molecule has 0 aliphatic heterocycles. The number of primary amides is 1. The zero-order chi connectivity index (χ0) is 16.1. The van der Waals surface area contributed by atoms with Crippen LogP contribution < -0.4 is 10.5 Å². The van der Waals surface area contributed by atoms with E-state index in [1.165, 1.54) is 0 Å². The van der Waals surface area contributed by atoms with Crippen LogP contribution in [-0.2, 0) is 6.42 Å². The van der Waals surface area contributed by atoms with Crippen LogP contribution in [0.15, 0.2) is 36.4 Å². The lowest BCUT2D eigenvalue weighted by Crippen LogP contribution is -2.14. The van der Waals surface area contributed by atoms with Crippen LogP contribution in [0.1, 0.15) is 35.6 Å². The molecule has 1 aromatic carbocycles. The third-order valence-corrected chi connectivity index (χ3v) is 3.26. The Bertz CT molecular complexity index is 671. The van der Waals surface area contributed by atoms with Crippen molar-refractivity contribution in [3.8, 4) is 5.75 Å². The average molecular weight is 319 g/mol. The van der Waals surface area contributed by atoms with Gasteiger partial charge in [-0.3, -0.25) is 4.79 Å². The van der Waals surface area contributed by atoms with Crippen LogP contribution in [0.3, 0.4) is 0 Å². The quantitative estimate of drug-likeness (QED) is 0.887. The van der Waals surface area contributed by atoms with Crippen LogP contribution in [0.2, 0.25) is 5.02 Å². The molecule has 1 amide bonds. The molecule has 22 heavy (non-hydrogen) atoms. The predicted octanol–water partition coefficient (Wildman–Crippen LogP) is 3.46. The Morgan fingerprint density at radius 3 is 2.77 bits per heavy atom. The number of carbonyl (C=O) groups excluding carboxylic acids is 1. The molecule has 0 spiro atoms. The second kappa shape index (κ2) is 7.27. The number of carbonyl (C=O) groups is 1. The molecule has 0 unspecified atom stereocenters. The van der Waals surface area contributed by atoms with E-state index in [9.17, 15) is 4.79 Å². The van der Waals surface area contributed by atoms with Gasteiger partial charge < -0.3 is 10.5 Å². The molecule has 0 bridgehead atoms. The maximum absolute atomic E-state index is 11.2. The summed E-state index contributed by atoms with van der Waals surface area (Å²) in [6.07, 6.45) is 0.523. The second-order valence-corrected chi connectivity index (χ2v) is 5.95. The SMILES string of the molecule is CC(C)COc1ccc(Cl)cc1Cc1cccc(C(N)=O)n1. The highest BCUT2D eigenvalue weighted by atomic mass is 35.5. The largest absolute Gasteiger partial charge is 0.493 e. The first-order valence-electron chi connectivity index (χ1n) is 7.12. The first-order valence-corrected chi connectivity index (χ1v) is 7.50. The highest BCUT2D eigenvalue weighted by Crippen LogP contribution is 2.25. The summed E-state index contributed by atoms with van der Waals surface area (Å²) in [5.41, 5.74) is 7.19. The van der Waals surface area contributed by atoms with Crippen molar-refractivity contribution in [1.82, 2.24) is 4.98 Å². The Kier molecular flexibility index (Phi) is 5.39. The van der Waals surface area contributed by atoms with Crippen molar-refractivity contribution in [3.05, 3.63) is 58.4 Å². The lowest BCUT2D eigenvalue weighted by atomic mass is 10.1. The summed E-state index contributed by atoms with van der Waals surface area (Å²) in [5.74, 6) is 0.674. The minimum Gasteiger partial charge on any atom is -0.493 e. The summed E-state index contributed by atoms with van der Waals surface area (Å²) in [6, 6.07) is 10.7. The molecular weight excluding hydrogens is 300 g/mol. The van der Waals surface area contributed by atoms with E-state index in [0.717, 1.165) is 17.0 Å². The van der Waals surface area contributed by atoms with Gasteiger partial charge in [0, 0.05) is 22.7 Å². The molecule has 0 fully saturated rings. The van der Waals surface area contributed by atoms with Crippen molar-refractivity contribution in [2.24, 2.45) is 11.7 Å². The highest BCUT2D eigenvalue weighted by molar-refractivity contribution is 6.30. The average Bonchev–Trinajstić information content (AvgIpc) is 2.46. The van der Waals surface area contributed by atoms with E-state index in [-0.39, 0.29) is 5.69 Å². The van der Waals surface area contributed by atoms with E-state index in [2.05, 4.69) is 18.8 Å². The monoisotopic (exact) mass is 318 g/mol. The van der Waals surface area contributed by atoms with Crippen molar-refractivity contribution < 1.29 is 9.53 Å². The van der Waals surface area contributed by atoms with Crippen LogP contribution in [0, 0.1) is 5.92 Å². The molecular formula is C17H19ClN2O2. The van der Waals surface area contributed by atoms with E-state index >= 15 is 0 Å². The molecule has 0 atom stereocenters. The molecule has 1 aromatic heterocycles. The van der Waals surface area contributed by atoms with E-state index in [1.807, 2.05) is 18.2 Å². The number of aromatic nitrogens is 1. The third-order valence-electron chi connectivity index (χ3n) is 3.03. The number of pyridine rings is 1. The molecule has 1 heterocycles. The molecule has 2 rings (SSSR count). The fourth-order valence-electron chi connectivity index (χ4n) is 1.99. The zero-order valence-corrected chi connectivity index (χ0v) is 13.4.